The first-order valence-corrected chi connectivity index (χ1v) is 8.92. The molecule has 6 heteroatoms. The topological polar surface area (TPSA) is 71.7 Å². The second kappa shape index (κ2) is 10.0. The average Bonchev–Trinajstić information content (AvgIpc) is 3.24. The first kappa shape index (κ1) is 18.5. The largest absolute Gasteiger partial charge is 0.473 e. The molecule has 3 aromatic rings. The van der Waals surface area contributed by atoms with Crippen LogP contribution in [0.4, 0.5) is 0 Å². The summed E-state index contributed by atoms with van der Waals surface area (Å²) in [5, 5.41) is 6.57. The van der Waals surface area contributed by atoms with Gasteiger partial charge in [-0.3, -0.25) is 4.99 Å². The molecular weight excluding hydrogens is 340 g/mol. The van der Waals surface area contributed by atoms with Crippen LogP contribution in [0.2, 0.25) is 0 Å². The van der Waals surface area contributed by atoms with Crippen molar-refractivity contribution in [3.8, 4) is 5.88 Å². The zero-order valence-corrected chi connectivity index (χ0v) is 15.4. The van der Waals surface area contributed by atoms with Gasteiger partial charge in [-0.15, -0.1) is 0 Å². The van der Waals surface area contributed by atoms with Gasteiger partial charge in [0.05, 0.1) is 6.26 Å². The van der Waals surface area contributed by atoms with Gasteiger partial charge in [0.1, 0.15) is 12.4 Å². The molecule has 1 aromatic carbocycles. The highest BCUT2D eigenvalue weighted by atomic mass is 16.5. The van der Waals surface area contributed by atoms with Crippen LogP contribution < -0.4 is 15.4 Å². The van der Waals surface area contributed by atoms with Crippen LogP contribution in [0, 0.1) is 0 Å². The van der Waals surface area contributed by atoms with Crippen molar-refractivity contribution in [1.29, 1.82) is 0 Å². The number of rotatable bonds is 8. The molecule has 6 nitrogen and oxygen atoms in total. The van der Waals surface area contributed by atoms with Crippen LogP contribution in [0.1, 0.15) is 16.9 Å². The minimum atomic E-state index is 0.487. The van der Waals surface area contributed by atoms with E-state index in [1.165, 1.54) is 0 Å². The highest BCUT2D eigenvalue weighted by Gasteiger charge is 2.07. The number of benzene rings is 1. The van der Waals surface area contributed by atoms with E-state index in [1.807, 2.05) is 54.6 Å². The maximum atomic E-state index is 5.90. The Balaban J connectivity index is 1.50. The number of ether oxygens (including phenoxy) is 1. The van der Waals surface area contributed by atoms with E-state index in [0.717, 1.165) is 35.8 Å². The molecule has 0 aliphatic heterocycles. The fourth-order valence-electron chi connectivity index (χ4n) is 2.57. The fourth-order valence-corrected chi connectivity index (χ4v) is 2.57. The molecule has 0 saturated heterocycles. The van der Waals surface area contributed by atoms with Crippen LogP contribution in [-0.4, -0.2) is 24.5 Å². The van der Waals surface area contributed by atoms with Crippen molar-refractivity contribution in [2.45, 2.75) is 19.6 Å². The maximum absolute atomic E-state index is 5.90. The molecule has 3 rings (SSSR count). The quantitative estimate of drug-likeness (QED) is 0.475. The summed E-state index contributed by atoms with van der Waals surface area (Å²) in [6.07, 6.45) is 4.22. The number of furan rings is 1. The Morgan fingerprint density at radius 3 is 2.74 bits per heavy atom. The van der Waals surface area contributed by atoms with E-state index in [2.05, 4.69) is 20.6 Å². The zero-order chi connectivity index (χ0) is 18.7. The van der Waals surface area contributed by atoms with E-state index in [-0.39, 0.29) is 0 Å². The molecule has 0 radical (unpaired) electrons. The van der Waals surface area contributed by atoms with E-state index < -0.39 is 0 Å². The normalized spacial score (nSPS) is 11.2. The van der Waals surface area contributed by atoms with Crippen LogP contribution in [0.3, 0.4) is 0 Å². The molecule has 2 aromatic heterocycles. The highest BCUT2D eigenvalue weighted by molar-refractivity contribution is 5.79. The van der Waals surface area contributed by atoms with Crippen molar-refractivity contribution in [3.05, 3.63) is 83.9 Å². The van der Waals surface area contributed by atoms with E-state index in [1.54, 1.807) is 19.5 Å². The number of pyridine rings is 1. The molecule has 0 aliphatic rings. The molecule has 2 heterocycles. The minimum Gasteiger partial charge on any atom is -0.473 e. The Hall–Kier alpha value is -3.28. The minimum absolute atomic E-state index is 0.487. The lowest BCUT2D eigenvalue weighted by Gasteiger charge is -2.14. The SMILES string of the molecule is CN=C(NCCc1ccco1)NCc1cccnc1OCc1ccccc1. The summed E-state index contributed by atoms with van der Waals surface area (Å²) in [5.74, 6) is 2.29. The Morgan fingerprint density at radius 2 is 1.96 bits per heavy atom. The Labute approximate surface area is 159 Å². The van der Waals surface area contributed by atoms with E-state index in [9.17, 15) is 0 Å². The van der Waals surface area contributed by atoms with Gasteiger partial charge >= 0.3 is 0 Å². The smallest absolute Gasteiger partial charge is 0.218 e. The Kier molecular flexibility index (Phi) is 6.86. The highest BCUT2D eigenvalue weighted by Crippen LogP contribution is 2.15. The standard InChI is InChI=1S/C21H24N4O2/c1-22-21(24-13-11-19-10-6-14-26-19)25-15-18-9-5-12-23-20(18)27-16-17-7-3-2-4-8-17/h2-10,12,14H,11,13,15-16H2,1H3,(H2,22,24,25). The molecule has 0 bridgehead atoms. The van der Waals surface area contributed by atoms with Crippen molar-refractivity contribution < 1.29 is 9.15 Å². The molecule has 2 N–H and O–H groups in total. The van der Waals surface area contributed by atoms with Gasteiger partial charge in [-0.25, -0.2) is 4.98 Å². The molecule has 0 atom stereocenters. The first-order valence-electron chi connectivity index (χ1n) is 8.92. The third kappa shape index (κ3) is 5.88. The molecule has 0 spiro atoms. The number of nitrogens with one attached hydrogen (secondary N) is 2. The number of hydrogen-bond donors (Lipinski definition) is 2. The Bertz CT molecular complexity index is 832. The van der Waals surface area contributed by atoms with E-state index >= 15 is 0 Å². The lowest BCUT2D eigenvalue weighted by Crippen LogP contribution is -2.37. The summed E-state index contributed by atoms with van der Waals surface area (Å²) < 4.78 is 11.2. The number of hydrogen-bond acceptors (Lipinski definition) is 4. The van der Waals surface area contributed by atoms with Gasteiger partial charge in [0.15, 0.2) is 5.96 Å². The van der Waals surface area contributed by atoms with Gasteiger partial charge in [-0.1, -0.05) is 36.4 Å². The molecule has 0 saturated carbocycles. The molecule has 0 fully saturated rings. The number of nitrogens with zero attached hydrogens (tertiary/aromatic N) is 2. The third-order valence-corrected chi connectivity index (χ3v) is 3.98. The lowest BCUT2D eigenvalue weighted by atomic mass is 10.2. The van der Waals surface area contributed by atoms with Crippen LogP contribution in [0.25, 0.3) is 0 Å². The summed E-state index contributed by atoms with van der Waals surface area (Å²) >= 11 is 0. The number of guanidine groups is 1. The van der Waals surface area contributed by atoms with Gasteiger partial charge < -0.3 is 19.8 Å². The van der Waals surface area contributed by atoms with Crippen LogP contribution in [-0.2, 0) is 19.6 Å². The molecular formula is C21H24N4O2. The van der Waals surface area contributed by atoms with Gasteiger partial charge in [0.2, 0.25) is 5.88 Å². The molecule has 140 valence electrons. The average molecular weight is 364 g/mol. The summed E-state index contributed by atoms with van der Waals surface area (Å²) in [6.45, 7) is 1.79. The van der Waals surface area contributed by atoms with Crippen molar-refractivity contribution in [1.82, 2.24) is 15.6 Å². The molecule has 0 unspecified atom stereocenters. The van der Waals surface area contributed by atoms with Crippen molar-refractivity contribution in [3.63, 3.8) is 0 Å². The van der Waals surface area contributed by atoms with E-state index in [4.69, 9.17) is 9.15 Å². The predicted octanol–water partition coefficient (Wildman–Crippen LogP) is 3.16. The summed E-state index contributed by atoms with van der Waals surface area (Å²) in [5.41, 5.74) is 2.08. The first-order chi connectivity index (χ1) is 13.3. The molecule has 0 amide bonds. The summed E-state index contributed by atoms with van der Waals surface area (Å²) in [4.78, 5) is 8.61. The van der Waals surface area contributed by atoms with Crippen LogP contribution >= 0.6 is 0 Å². The van der Waals surface area contributed by atoms with Gasteiger partial charge in [-0.05, 0) is 23.8 Å². The summed E-state index contributed by atoms with van der Waals surface area (Å²) in [7, 11) is 1.75. The second-order valence-corrected chi connectivity index (χ2v) is 5.92. The monoisotopic (exact) mass is 364 g/mol. The van der Waals surface area contributed by atoms with Gasteiger partial charge in [-0.2, -0.15) is 0 Å². The van der Waals surface area contributed by atoms with E-state index in [0.29, 0.717) is 19.0 Å². The van der Waals surface area contributed by atoms with Crippen molar-refractivity contribution >= 4 is 5.96 Å². The Morgan fingerprint density at radius 1 is 1.07 bits per heavy atom. The lowest BCUT2D eigenvalue weighted by molar-refractivity contribution is 0.290. The molecule has 0 aliphatic carbocycles. The van der Waals surface area contributed by atoms with Gasteiger partial charge in [0.25, 0.3) is 0 Å². The predicted molar refractivity (Wildman–Crippen MR) is 106 cm³/mol. The van der Waals surface area contributed by atoms with Crippen molar-refractivity contribution in [2.75, 3.05) is 13.6 Å². The number of aromatic nitrogens is 1. The fraction of sp³-hybridized carbons (Fsp3) is 0.238. The summed E-state index contributed by atoms with van der Waals surface area (Å²) in [6, 6.07) is 17.8. The number of aliphatic imine (C=N–C) groups is 1. The van der Waals surface area contributed by atoms with Crippen LogP contribution in [0.5, 0.6) is 5.88 Å². The van der Waals surface area contributed by atoms with Crippen molar-refractivity contribution in [2.24, 2.45) is 4.99 Å². The second-order valence-electron chi connectivity index (χ2n) is 5.92. The zero-order valence-electron chi connectivity index (χ0n) is 15.4. The maximum Gasteiger partial charge on any atom is 0.218 e. The van der Waals surface area contributed by atoms with Crippen LogP contribution in [0.15, 0.2) is 76.5 Å². The third-order valence-electron chi connectivity index (χ3n) is 3.98. The molecule has 27 heavy (non-hydrogen) atoms. The van der Waals surface area contributed by atoms with Gasteiger partial charge in [0, 0.05) is 38.3 Å².